The van der Waals surface area contributed by atoms with Crippen LogP contribution in [0.2, 0.25) is 0 Å². The summed E-state index contributed by atoms with van der Waals surface area (Å²) in [7, 11) is 3.16. The number of methoxy groups -OCH3 is 2. The number of hydrogen-bond acceptors (Lipinski definition) is 4. The molecular weight excluding hydrogens is 418 g/mol. The number of carbonyl (C=O) groups is 1. The number of urea groups is 1. The fourth-order valence-electron chi connectivity index (χ4n) is 5.12. The average molecular weight is 446 g/mol. The number of piperidine rings is 1. The van der Waals surface area contributed by atoms with Crippen molar-refractivity contribution in [2.24, 2.45) is 5.92 Å². The van der Waals surface area contributed by atoms with E-state index in [1.807, 2.05) is 33.7 Å². The minimum absolute atomic E-state index is 0.0285. The first kappa shape index (κ1) is 21.1. The third kappa shape index (κ3) is 4.06. The lowest BCUT2D eigenvalue weighted by atomic mass is 9.80. The van der Waals surface area contributed by atoms with Gasteiger partial charge in [0.15, 0.2) is 0 Å². The molecule has 2 amide bonds. The standard InChI is InChI=1S/C26H27N3O4/c1-32-21-11-20(12-22(13-21)33-2)27-26(31)28-14-17-10-19(16-28)25-23(18-6-4-3-5-7-18)8-9-24(30)29(25)15-17/h3-9,11-13,17,19H,10,14-16H2,1-2H3,(H,27,31)/t17-,19-/m1/s1. The number of carbonyl (C=O) groups excluding carboxylic acids is 1. The highest BCUT2D eigenvalue weighted by Gasteiger charge is 2.37. The molecule has 33 heavy (non-hydrogen) atoms. The summed E-state index contributed by atoms with van der Waals surface area (Å²) < 4.78 is 12.5. The number of nitrogens with one attached hydrogen (secondary N) is 1. The maximum absolute atomic E-state index is 13.2. The lowest BCUT2D eigenvalue weighted by Crippen LogP contribution is -2.50. The van der Waals surface area contributed by atoms with Gasteiger partial charge in [-0.25, -0.2) is 4.79 Å². The SMILES string of the molecule is COc1cc(NC(=O)N2C[C@H]3C[C@H](C2)c2c(-c4ccccc4)ccc(=O)n2C3)cc(OC)c1. The number of aromatic nitrogens is 1. The maximum atomic E-state index is 13.2. The molecule has 2 atom stereocenters. The minimum Gasteiger partial charge on any atom is -0.497 e. The first-order valence-corrected chi connectivity index (χ1v) is 11.1. The van der Waals surface area contributed by atoms with Crippen molar-refractivity contribution in [3.8, 4) is 22.6 Å². The van der Waals surface area contributed by atoms with Gasteiger partial charge < -0.3 is 24.3 Å². The van der Waals surface area contributed by atoms with Crippen LogP contribution in [0, 0.1) is 5.92 Å². The number of likely N-dealkylation sites (tertiary alicyclic amines) is 1. The Hall–Kier alpha value is -3.74. The summed E-state index contributed by atoms with van der Waals surface area (Å²) >= 11 is 0. The third-order valence-electron chi connectivity index (χ3n) is 6.56. The van der Waals surface area contributed by atoms with Gasteiger partial charge in [-0.2, -0.15) is 0 Å². The third-order valence-corrected chi connectivity index (χ3v) is 6.56. The molecule has 1 fully saturated rings. The van der Waals surface area contributed by atoms with Crippen LogP contribution in [0.3, 0.4) is 0 Å². The number of ether oxygens (including phenoxy) is 2. The van der Waals surface area contributed by atoms with E-state index < -0.39 is 0 Å². The molecule has 2 bridgehead atoms. The van der Waals surface area contributed by atoms with Gasteiger partial charge in [0.2, 0.25) is 0 Å². The molecule has 7 nitrogen and oxygen atoms in total. The molecule has 0 spiro atoms. The second kappa shape index (κ2) is 8.65. The molecule has 2 aliphatic rings. The maximum Gasteiger partial charge on any atom is 0.321 e. The van der Waals surface area contributed by atoms with Crippen molar-refractivity contribution < 1.29 is 14.3 Å². The van der Waals surface area contributed by atoms with Crippen LogP contribution >= 0.6 is 0 Å². The van der Waals surface area contributed by atoms with Crippen molar-refractivity contribution in [3.63, 3.8) is 0 Å². The van der Waals surface area contributed by atoms with Crippen LogP contribution in [0.1, 0.15) is 18.0 Å². The van der Waals surface area contributed by atoms with Crippen LogP contribution in [0.4, 0.5) is 10.5 Å². The fourth-order valence-corrected chi connectivity index (χ4v) is 5.12. The molecule has 0 unspecified atom stereocenters. The monoisotopic (exact) mass is 445 g/mol. The Morgan fingerprint density at radius 2 is 1.67 bits per heavy atom. The van der Waals surface area contributed by atoms with E-state index in [0.29, 0.717) is 36.8 Å². The molecule has 0 aliphatic carbocycles. The van der Waals surface area contributed by atoms with Gasteiger partial charge in [-0.05, 0) is 24.0 Å². The summed E-state index contributed by atoms with van der Waals surface area (Å²) in [5, 5.41) is 2.99. The van der Waals surface area contributed by atoms with E-state index in [4.69, 9.17) is 9.47 Å². The van der Waals surface area contributed by atoms with E-state index in [-0.39, 0.29) is 23.4 Å². The molecule has 2 aliphatic heterocycles. The van der Waals surface area contributed by atoms with Gasteiger partial charge in [-0.1, -0.05) is 30.3 Å². The predicted octanol–water partition coefficient (Wildman–Crippen LogP) is 4.18. The van der Waals surface area contributed by atoms with E-state index in [1.54, 1.807) is 38.5 Å². The molecule has 1 saturated heterocycles. The predicted molar refractivity (Wildman–Crippen MR) is 127 cm³/mol. The molecule has 170 valence electrons. The molecule has 5 rings (SSSR count). The molecule has 0 saturated carbocycles. The second-order valence-corrected chi connectivity index (χ2v) is 8.68. The summed E-state index contributed by atoms with van der Waals surface area (Å²) in [6.45, 7) is 1.81. The van der Waals surface area contributed by atoms with E-state index in [2.05, 4.69) is 17.4 Å². The van der Waals surface area contributed by atoms with Crippen molar-refractivity contribution in [2.45, 2.75) is 18.9 Å². The summed E-state index contributed by atoms with van der Waals surface area (Å²) in [5.41, 5.74) is 3.84. The van der Waals surface area contributed by atoms with Crippen LogP contribution in [-0.2, 0) is 6.54 Å². The van der Waals surface area contributed by atoms with E-state index in [1.165, 1.54) is 0 Å². The number of amides is 2. The summed E-state index contributed by atoms with van der Waals surface area (Å²) in [6, 6.07) is 18.9. The van der Waals surface area contributed by atoms with Crippen molar-refractivity contribution in [1.82, 2.24) is 9.47 Å². The van der Waals surface area contributed by atoms with Crippen molar-refractivity contribution in [2.75, 3.05) is 32.6 Å². The zero-order valence-corrected chi connectivity index (χ0v) is 18.8. The Morgan fingerprint density at radius 1 is 0.939 bits per heavy atom. The first-order chi connectivity index (χ1) is 16.1. The lowest BCUT2D eigenvalue weighted by Gasteiger charge is -2.43. The number of pyridine rings is 1. The quantitative estimate of drug-likeness (QED) is 0.654. The number of benzene rings is 2. The number of hydrogen-bond donors (Lipinski definition) is 1. The van der Waals surface area contributed by atoms with Gasteiger partial charge in [0.25, 0.3) is 5.56 Å². The van der Waals surface area contributed by atoms with E-state index in [0.717, 1.165) is 23.2 Å². The van der Waals surface area contributed by atoms with Crippen LogP contribution in [0.25, 0.3) is 11.1 Å². The molecule has 0 radical (unpaired) electrons. The van der Waals surface area contributed by atoms with Gasteiger partial charge in [-0.15, -0.1) is 0 Å². The molecule has 1 N–H and O–H groups in total. The van der Waals surface area contributed by atoms with Gasteiger partial charge in [0.1, 0.15) is 11.5 Å². The smallest absolute Gasteiger partial charge is 0.321 e. The number of anilines is 1. The summed E-state index contributed by atoms with van der Waals surface area (Å²) in [4.78, 5) is 27.8. The lowest BCUT2D eigenvalue weighted by molar-refractivity contribution is 0.140. The van der Waals surface area contributed by atoms with Crippen molar-refractivity contribution in [3.05, 3.63) is 76.7 Å². The van der Waals surface area contributed by atoms with Gasteiger partial charge >= 0.3 is 6.03 Å². The number of fused-ring (bicyclic) bond motifs is 4. The van der Waals surface area contributed by atoms with Gasteiger partial charge in [0, 0.05) is 66.8 Å². The number of nitrogens with zero attached hydrogens (tertiary/aromatic N) is 2. The van der Waals surface area contributed by atoms with Crippen molar-refractivity contribution in [1.29, 1.82) is 0 Å². The Balaban J connectivity index is 1.43. The fraction of sp³-hybridized carbons (Fsp3) is 0.308. The molecule has 3 aromatic rings. The second-order valence-electron chi connectivity index (χ2n) is 8.68. The zero-order valence-electron chi connectivity index (χ0n) is 18.8. The Morgan fingerprint density at radius 3 is 2.36 bits per heavy atom. The molecule has 1 aromatic heterocycles. The zero-order chi connectivity index (χ0) is 22.9. The minimum atomic E-state index is -0.159. The Bertz CT molecular complexity index is 1220. The van der Waals surface area contributed by atoms with Crippen molar-refractivity contribution >= 4 is 11.7 Å². The topological polar surface area (TPSA) is 72.8 Å². The first-order valence-electron chi connectivity index (χ1n) is 11.1. The highest BCUT2D eigenvalue weighted by atomic mass is 16.5. The summed E-state index contributed by atoms with van der Waals surface area (Å²) in [6.07, 6.45) is 0.972. The molecule has 2 aromatic carbocycles. The highest BCUT2D eigenvalue weighted by Crippen LogP contribution is 2.40. The van der Waals surface area contributed by atoms with Crippen LogP contribution in [0.15, 0.2) is 65.5 Å². The Labute approximate surface area is 192 Å². The Kier molecular flexibility index (Phi) is 5.54. The average Bonchev–Trinajstić information content (AvgIpc) is 2.84. The molecule has 3 heterocycles. The number of rotatable bonds is 4. The van der Waals surface area contributed by atoms with Crippen LogP contribution in [0.5, 0.6) is 11.5 Å². The molecule has 7 heteroatoms. The summed E-state index contributed by atoms with van der Waals surface area (Å²) in [5.74, 6) is 1.57. The van der Waals surface area contributed by atoms with Crippen LogP contribution in [-0.4, -0.2) is 42.8 Å². The largest absolute Gasteiger partial charge is 0.497 e. The van der Waals surface area contributed by atoms with Gasteiger partial charge in [-0.3, -0.25) is 4.79 Å². The molecular formula is C26H27N3O4. The highest BCUT2D eigenvalue weighted by molar-refractivity contribution is 5.90. The van der Waals surface area contributed by atoms with E-state index in [9.17, 15) is 9.59 Å². The van der Waals surface area contributed by atoms with Gasteiger partial charge in [0.05, 0.1) is 14.2 Å². The normalized spacial score (nSPS) is 18.9. The van der Waals surface area contributed by atoms with E-state index >= 15 is 0 Å². The van der Waals surface area contributed by atoms with Crippen LogP contribution < -0.4 is 20.3 Å².